The van der Waals surface area contributed by atoms with Gasteiger partial charge >= 0.3 is 12.2 Å². The Balaban J connectivity index is 1.67. The van der Waals surface area contributed by atoms with Crippen LogP contribution in [0.25, 0.3) is 5.65 Å². The van der Waals surface area contributed by atoms with Crippen molar-refractivity contribution in [2.45, 2.75) is 31.4 Å². The number of pyridine rings is 1. The number of imidazole rings is 1. The Bertz CT molecular complexity index is 1020. The van der Waals surface area contributed by atoms with Gasteiger partial charge in [-0.15, -0.1) is 0 Å². The fourth-order valence-electron chi connectivity index (χ4n) is 3.31. The molecule has 2 fully saturated rings. The SMILES string of the molecule is O=C1NN(C(=O)c2nc3c(C(F)(F)F)cc(C4CC4)cn3c2Cl)CCN1CC(F)F. The number of hydrogen-bond acceptors (Lipinski definition) is 3. The fraction of sp³-hybridized carbons (Fsp3) is 0.471. The summed E-state index contributed by atoms with van der Waals surface area (Å²) in [5.74, 6) is -0.940. The smallest absolute Gasteiger partial charge is 0.316 e. The molecule has 2 aliphatic rings. The molecule has 0 radical (unpaired) electrons. The maximum atomic E-state index is 13.6. The maximum absolute atomic E-state index is 13.6. The number of nitrogens with one attached hydrogen (secondary N) is 1. The molecule has 0 aromatic carbocycles. The number of alkyl halides is 5. The van der Waals surface area contributed by atoms with Crippen molar-refractivity contribution in [3.63, 3.8) is 0 Å². The van der Waals surface area contributed by atoms with Gasteiger partial charge in [0.2, 0.25) is 0 Å². The van der Waals surface area contributed by atoms with Gasteiger partial charge < -0.3 is 4.90 Å². The van der Waals surface area contributed by atoms with Crippen LogP contribution in [0, 0.1) is 0 Å². The van der Waals surface area contributed by atoms with E-state index in [0.717, 1.165) is 33.2 Å². The van der Waals surface area contributed by atoms with Gasteiger partial charge in [0.1, 0.15) is 5.15 Å². The first-order valence-corrected chi connectivity index (χ1v) is 9.38. The Labute approximate surface area is 171 Å². The molecule has 3 heterocycles. The van der Waals surface area contributed by atoms with Crippen LogP contribution in [-0.4, -0.2) is 57.3 Å². The van der Waals surface area contributed by atoms with Crippen molar-refractivity contribution in [2.75, 3.05) is 19.6 Å². The van der Waals surface area contributed by atoms with Crippen LogP contribution in [0.3, 0.4) is 0 Å². The molecule has 1 aliphatic carbocycles. The van der Waals surface area contributed by atoms with Gasteiger partial charge in [-0.05, 0) is 30.4 Å². The lowest BCUT2D eigenvalue weighted by Gasteiger charge is -2.34. The Hall–Kier alpha value is -2.63. The van der Waals surface area contributed by atoms with Crippen LogP contribution < -0.4 is 5.43 Å². The number of carbonyl (C=O) groups is 2. The third-order valence-electron chi connectivity index (χ3n) is 4.95. The Morgan fingerprint density at radius 3 is 2.57 bits per heavy atom. The topological polar surface area (TPSA) is 70.0 Å². The first-order valence-electron chi connectivity index (χ1n) is 9.00. The predicted molar refractivity (Wildman–Crippen MR) is 94.3 cm³/mol. The minimum atomic E-state index is -4.71. The van der Waals surface area contributed by atoms with E-state index in [9.17, 15) is 31.5 Å². The summed E-state index contributed by atoms with van der Waals surface area (Å²) < 4.78 is 66.7. The molecular weight excluding hydrogens is 437 g/mol. The van der Waals surface area contributed by atoms with E-state index in [1.165, 1.54) is 6.20 Å². The summed E-state index contributed by atoms with van der Waals surface area (Å²) in [7, 11) is 0. The number of urea groups is 1. The van der Waals surface area contributed by atoms with Crippen molar-refractivity contribution < 1.29 is 31.5 Å². The van der Waals surface area contributed by atoms with Gasteiger partial charge in [-0.3, -0.25) is 9.20 Å². The first-order chi connectivity index (χ1) is 14.1. The Kier molecular flexibility index (Phi) is 4.99. The normalized spacial score (nSPS) is 17.8. The second kappa shape index (κ2) is 7.25. The predicted octanol–water partition coefficient (Wildman–Crippen LogP) is 3.53. The van der Waals surface area contributed by atoms with Crippen LogP contribution in [0.5, 0.6) is 0 Å². The third-order valence-corrected chi connectivity index (χ3v) is 5.32. The van der Waals surface area contributed by atoms with Crippen molar-refractivity contribution in [1.82, 2.24) is 24.7 Å². The number of aromatic nitrogens is 2. The summed E-state index contributed by atoms with van der Waals surface area (Å²) >= 11 is 6.19. The number of amides is 3. The number of halogens is 6. The average Bonchev–Trinajstić information content (AvgIpc) is 3.45. The molecule has 1 aliphatic heterocycles. The number of hydrogen-bond donors (Lipinski definition) is 1. The summed E-state index contributed by atoms with van der Waals surface area (Å²) in [6.45, 7) is -1.14. The number of fused-ring (bicyclic) bond motifs is 1. The van der Waals surface area contributed by atoms with Crippen molar-refractivity contribution in [2.24, 2.45) is 0 Å². The summed E-state index contributed by atoms with van der Waals surface area (Å²) in [5, 5.41) is 0.472. The summed E-state index contributed by atoms with van der Waals surface area (Å²) in [6.07, 6.45) is -4.51. The van der Waals surface area contributed by atoms with Crippen molar-refractivity contribution in [3.05, 3.63) is 34.2 Å². The van der Waals surface area contributed by atoms with E-state index in [-0.39, 0.29) is 24.2 Å². The van der Waals surface area contributed by atoms with Gasteiger partial charge in [0.05, 0.1) is 18.7 Å². The van der Waals surface area contributed by atoms with E-state index in [1.54, 1.807) is 0 Å². The van der Waals surface area contributed by atoms with Crippen LogP contribution in [0.1, 0.15) is 40.4 Å². The highest BCUT2D eigenvalue weighted by Gasteiger charge is 2.38. The second-order valence-corrected chi connectivity index (χ2v) is 7.47. The lowest BCUT2D eigenvalue weighted by Crippen LogP contribution is -2.60. The summed E-state index contributed by atoms with van der Waals surface area (Å²) in [6, 6.07) is 0.0805. The molecule has 1 saturated carbocycles. The summed E-state index contributed by atoms with van der Waals surface area (Å²) in [5.41, 5.74) is 0.565. The van der Waals surface area contributed by atoms with Crippen LogP contribution >= 0.6 is 11.6 Å². The van der Waals surface area contributed by atoms with E-state index < -0.39 is 48.0 Å². The standard InChI is InChI=1S/C17H15ClF5N5O2/c18-13-12(15(29)28-4-3-26(7-11(19)20)16(30)25-28)24-14-10(17(21,22)23)5-9(6-27(13)14)8-1-2-8/h5-6,8,11H,1-4,7H2,(H,25,30). The van der Waals surface area contributed by atoms with Gasteiger partial charge in [-0.2, -0.15) is 13.2 Å². The van der Waals surface area contributed by atoms with E-state index in [0.29, 0.717) is 5.56 Å². The average molecular weight is 452 g/mol. The second-order valence-electron chi connectivity index (χ2n) is 7.11. The quantitative estimate of drug-likeness (QED) is 0.723. The highest BCUT2D eigenvalue weighted by molar-refractivity contribution is 6.33. The largest absolute Gasteiger partial charge is 0.419 e. The van der Waals surface area contributed by atoms with Gasteiger partial charge in [-0.25, -0.2) is 29.0 Å². The molecule has 2 aromatic rings. The molecule has 7 nitrogen and oxygen atoms in total. The van der Waals surface area contributed by atoms with E-state index in [2.05, 4.69) is 10.4 Å². The van der Waals surface area contributed by atoms with E-state index in [1.807, 2.05) is 0 Å². The van der Waals surface area contributed by atoms with Crippen LogP contribution in [0.2, 0.25) is 5.15 Å². The van der Waals surface area contributed by atoms with Crippen LogP contribution in [0.4, 0.5) is 26.7 Å². The van der Waals surface area contributed by atoms with Gasteiger partial charge in [0, 0.05) is 12.7 Å². The molecule has 0 atom stereocenters. The zero-order chi connectivity index (χ0) is 21.8. The van der Waals surface area contributed by atoms with Crippen molar-refractivity contribution >= 4 is 29.2 Å². The lowest BCUT2D eigenvalue weighted by molar-refractivity contribution is -0.136. The number of carbonyl (C=O) groups excluding carboxylic acids is 2. The highest BCUT2D eigenvalue weighted by Crippen LogP contribution is 2.43. The first kappa shape index (κ1) is 20.6. The fourth-order valence-corrected chi connectivity index (χ4v) is 3.56. The molecular formula is C17H15ClF5N5O2. The number of nitrogens with zero attached hydrogens (tertiary/aromatic N) is 4. The molecule has 1 N–H and O–H groups in total. The summed E-state index contributed by atoms with van der Waals surface area (Å²) in [4.78, 5) is 29.3. The zero-order valence-electron chi connectivity index (χ0n) is 15.2. The van der Waals surface area contributed by atoms with E-state index in [4.69, 9.17) is 11.6 Å². The molecule has 162 valence electrons. The Morgan fingerprint density at radius 2 is 2.00 bits per heavy atom. The molecule has 1 saturated heterocycles. The van der Waals surface area contributed by atoms with Crippen LogP contribution in [-0.2, 0) is 6.18 Å². The molecule has 4 rings (SSSR count). The molecule has 0 unspecified atom stereocenters. The number of hydrazine groups is 1. The maximum Gasteiger partial charge on any atom is 0.419 e. The Morgan fingerprint density at radius 1 is 1.30 bits per heavy atom. The highest BCUT2D eigenvalue weighted by atomic mass is 35.5. The minimum absolute atomic E-state index is 0.00433. The third kappa shape index (κ3) is 3.75. The van der Waals surface area contributed by atoms with E-state index >= 15 is 0 Å². The zero-order valence-corrected chi connectivity index (χ0v) is 16.0. The van der Waals surface area contributed by atoms with Gasteiger partial charge in [-0.1, -0.05) is 11.6 Å². The molecule has 2 aromatic heterocycles. The number of rotatable bonds is 4. The van der Waals surface area contributed by atoms with Crippen molar-refractivity contribution in [1.29, 1.82) is 0 Å². The molecule has 0 bridgehead atoms. The molecule has 13 heteroatoms. The van der Waals surface area contributed by atoms with Crippen molar-refractivity contribution in [3.8, 4) is 0 Å². The molecule has 3 amide bonds. The van der Waals surface area contributed by atoms with Gasteiger partial charge in [0.15, 0.2) is 11.3 Å². The lowest BCUT2D eigenvalue weighted by atomic mass is 10.1. The monoisotopic (exact) mass is 451 g/mol. The molecule has 0 spiro atoms. The van der Waals surface area contributed by atoms with Gasteiger partial charge in [0.25, 0.3) is 12.3 Å². The minimum Gasteiger partial charge on any atom is -0.316 e. The van der Waals surface area contributed by atoms with Crippen LogP contribution in [0.15, 0.2) is 12.3 Å². The molecule has 30 heavy (non-hydrogen) atoms.